The molecule has 0 aliphatic heterocycles. The third-order valence-corrected chi connectivity index (χ3v) is 4.23. The van der Waals surface area contributed by atoms with Gasteiger partial charge in [0.2, 0.25) is 5.91 Å². The molecule has 32 heavy (non-hydrogen) atoms. The van der Waals surface area contributed by atoms with Crippen molar-refractivity contribution in [1.82, 2.24) is 0 Å². The highest BCUT2D eigenvalue weighted by Crippen LogP contribution is 2.24. The van der Waals surface area contributed by atoms with Crippen LogP contribution in [-0.4, -0.2) is 23.7 Å². The number of para-hydroxylation sites is 2. The average molecular weight is 431 g/mol. The number of nitrogens with one attached hydrogen (secondary N) is 3. The lowest BCUT2D eigenvalue weighted by atomic mass is 10.1. The van der Waals surface area contributed by atoms with Gasteiger partial charge in [0, 0.05) is 30.7 Å². The number of benzene rings is 3. The highest BCUT2D eigenvalue weighted by atomic mass is 16.5. The van der Waals surface area contributed by atoms with Crippen LogP contribution in [0, 0.1) is 0 Å². The van der Waals surface area contributed by atoms with E-state index < -0.39 is 17.8 Å². The zero-order valence-electron chi connectivity index (χ0n) is 17.5. The summed E-state index contributed by atoms with van der Waals surface area (Å²) in [6.07, 6.45) is 0. The maximum Gasteiger partial charge on any atom is 0.308 e. The summed E-state index contributed by atoms with van der Waals surface area (Å²) in [6.45, 7) is 2.66. The van der Waals surface area contributed by atoms with Gasteiger partial charge >= 0.3 is 5.97 Å². The van der Waals surface area contributed by atoms with E-state index in [-0.39, 0.29) is 17.2 Å². The van der Waals surface area contributed by atoms with Crippen LogP contribution in [0.3, 0.4) is 0 Å². The summed E-state index contributed by atoms with van der Waals surface area (Å²) in [7, 11) is 0. The molecule has 0 saturated carbocycles. The predicted molar refractivity (Wildman–Crippen MR) is 121 cm³/mol. The van der Waals surface area contributed by atoms with Crippen LogP contribution in [0.5, 0.6) is 5.75 Å². The van der Waals surface area contributed by atoms with Crippen molar-refractivity contribution in [2.24, 2.45) is 0 Å². The van der Waals surface area contributed by atoms with Gasteiger partial charge in [-0.2, -0.15) is 0 Å². The fraction of sp³-hybridized carbons (Fsp3) is 0.0833. The van der Waals surface area contributed by atoms with Crippen molar-refractivity contribution >= 4 is 40.8 Å². The van der Waals surface area contributed by atoms with Gasteiger partial charge in [-0.25, -0.2) is 0 Å². The van der Waals surface area contributed by atoms with Crippen LogP contribution >= 0.6 is 0 Å². The van der Waals surface area contributed by atoms with Crippen molar-refractivity contribution in [2.75, 3.05) is 16.0 Å². The maximum absolute atomic E-state index is 12.7. The highest BCUT2D eigenvalue weighted by Gasteiger charge is 2.13. The summed E-state index contributed by atoms with van der Waals surface area (Å²) in [5, 5.41) is 8.15. The van der Waals surface area contributed by atoms with E-state index in [0.29, 0.717) is 22.6 Å². The Bertz CT molecular complexity index is 1100. The minimum absolute atomic E-state index is 0.242. The van der Waals surface area contributed by atoms with Gasteiger partial charge in [0.25, 0.3) is 11.8 Å². The van der Waals surface area contributed by atoms with Crippen LogP contribution in [0.4, 0.5) is 17.1 Å². The first kappa shape index (κ1) is 22.2. The normalized spacial score (nSPS) is 10.1. The zero-order chi connectivity index (χ0) is 23.1. The molecule has 3 amide bonds. The molecule has 3 aromatic carbocycles. The molecule has 0 atom stereocenters. The van der Waals surface area contributed by atoms with Crippen LogP contribution < -0.4 is 20.7 Å². The molecule has 0 fully saturated rings. The molecular weight excluding hydrogens is 410 g/mol. The van der Waals surface area contributed by atoms with Gasteiger partial charge < -0.3 is 20.7 Å². The monoisotopic (exact) mass is 431 g/mol. The van der Waals surface area contributed by atoms with Crippen molar-refractivity contribution in [1.29, 1.82) is 0 Å². The summed E-state index contributed by atoms with van der Waals surface area (Å²) in [4.78, 5) is 47.8. The second kappa shape index (κ2) is 10.0. The number of carbonyl (C=O) groups excluding carboxylic acids is 4. The Morgan fingerprint density at radius 1 is 0.656 bits per heavy atom. The molecule has 8 nitrogen and oxygen atoms in total. The largest absolute Gasteiger partial charge is 0.427 e. The fourth-order valence-electron chi connectivity index (χ4n) is 2.90. The topological polar surface area (TPSA) is 114 Å². The van der Waals surface area contributed by atoms with E-state index in [9.17, 15) is 19.2 Å². The summed E-state index contributed by atoms with van der Waals surface area (Å²) in [5.74, 6) is -1.32. The first-order valence-corrected chi connectivity index (χ1v) is 9.69. The Hall–Kier alpha value is -4.46. The number of anilines is 3. The predicted octanol–water partition coefficient (Wildman–Crippen LogP) is 4.07. The van der Waals surface area contributed by atoms with E-state index in [1.807, 2.05) is 0 Å². The Morgan fingerprint density at radius 3 is 1.78 bits per heavy atom. The van der Waals surface area contributed by atoms with Gasteiger partial charge in [0.1, 0.15) is 5.75 Å². The van der Waals surface area contributed by atoms with E-state index in [1.54, 1.807) is 66.7 Å². The van der Waals surface area contributed by atoms with Gasteiger partial charge in [0.05, 0.1) is 11.4 Å². The van der Waals surface area contributed by atoms with Gasteiger partial charge in [-0.1, -0.05) is 24.3 Å². The van der Waals surface area contributed by atoms with Crippen LogP contribution in [0.1, 0.15) is 34.6 Å². The average Bonchev–Trinajstić information content (AvgIpc) is 2.74. The third-order valence-electron chi connectivity index (χ3n) is 4.23. The van der Waals surface area contributed by atoms with Crippen LogP contribution in [0.15, 0.2) is 72.8 Å². The molecule has 0 bridgehead atoms. The van der Waals surface area contributed by atoms with Crippen molar-refractivity contribution < 1.29 is 23.9 Å². The van der Waals surface area contributed by atoms with E-state index in [2.05, 4.69) is 16.0 Å². The van der Waals surface area contributed by atoms with Gasteiger partial charge in [0.15, 0.2) is 0 Å². The molecule has 0 radical (unpaired) electrons. The number of rotatable bonds is 6. The highest BCUT2D eigenvalue weighted by molar-refractivity contribution is 6.10. The Kier molecular flexibility index (Phi) is 6.97. The number of esters is 1. The Morgan fingerprint density at radius 2 is 1.22 bits per heavy atom. The fourth-order valence-corrected chi connectivity index (χ4v) is 2.90. The van der Waals surface area contributed by atoms with Gasteiger partial charge in [-0.05, 0) is 48.5 Å². The Labute approximate surface area is 184 Å². The first-order valence-electron chi connectivity index (χ1n) is 9.69. The molecular formula is C24H21N3O5. The lowest BCUT2D eigenvalue weighted by molar-refractivity contribution is -0.131. The summed E-state index contributed by atoms with van der Waals surface area (Å²) in [5.41, 5.74) is 1.91. The minimum atomic E-state index is -0.488. The molecule has 8 heteroatoms. The molecule has 0 aromatic heterocycles. The molecule has 0 aliphatic carbocycles. The smallest absolute Gasteiger partial charge is 0.308 e. The molecule has 0 saturated heterocycles. The summed E-state index contributed by atoms with van der Waals surface area (Å²) in [6, 6.07) is 19.4. The number of hydrogen-bond acceptors (Lipinski definition) is 5. The van der Waals surface area contributed by atoms with Gasteiger partial charge in [-0.3, -0.25) is 19.2 Å². The SMILES string of the molecule is CC(=O)Nc1cccc(C(=O)Nc2ccccc2NC(=O)c2cccc(OC(C)=O)c2)c1. The number of hydrogen-bond donors (Lipinski definition) is 3. The van der Waals surface area contributed by atoms with E-state index >= 15 is 0 Å². The third kappa shape index (κ3) is 6.02. The van der Waals surface area contributed by atoms with Crippen molar-refractivity contribution in [3.05, 3.63) is 83.9 Å². The van der Waals surface area contributed by atoms with E-state index in [0.717, 1.165) is 0 Å². The molecule has 0 aliphatic rings. The van der Waals surface area contributed by atoms with Crippen LogP contribution in [0.25, 0.3) is 0 Å². The zero-order valence-corrected chi connectivity index (χ0v) is 17.5. The lowest BCUT2D eigenvalue weighted by Crippen LogP contribution is -2.17. The number of ether oxygens (including phenoxy) is 1. The van der Waals surface area contributed by atoms with Crippen molar-refractivity contribution in [3.63, 3.8) is 0 Å². The number of amides is 3. The van der Waals surface area contributed by atoms with Crippen molar-refractivity contribution in [2.45, 2.75) is 13.8 Å². The van der Waals surface area contributed by atoms with Crippen molar-refractivity contribution in [3.8, 4) is 5.75 Å². The molecule has 3 rings (SSSR count). The molecule has 3 N–H and O–H groups in total. The minimum Gasteiger partial charge on any atom is -0.427 e. The van der Waals surface area contributed by atoms with Crippen LogP contribution in [0.2, 0.25) is 0 Å². The first-order chi connectivity index (χ1) is 15.3. The van der Waals surface area contributed by atoms with Gasteiger partial charge in [-0.15, -0.1) is 0 Å². The molecule has 162 valence electrons. The second-order valence-corrected chi connectivity index (χ2v) is 6.84. The van der Waals surface area contributed by atoms with Crippen LogP contribution in [-0.2, 0) is 9.59 Å². The van der Waals surface area contributed by atoms with E-state index in [4.69, 9.17) is 4.74 Å². The lowest BCUT2D eigenvalue weighted by Gasteiger charge is -2.13. The molecule has 0 spiro atoms. The number of carbonyl (C=O) groups is 4. The molecule has 0 unspecified atom stereocenters. The Balaban J connectivity index is 1.76. The second-order valence-electron chi connectivity index (χ2n) is 6.84. The maximum atomic E-state index is 12.7. The summed E-state index contributed by atoms with van der Waals surface area (Å²) >= 11 is 0. The molecule has 0 heterocycles. The summed E-state index contributed by atoms with van der Waals surface area (Å²) < 4.78 is 5.01. The quantitative estimate of drug-likeness (QED) is 0.402. The van der Waals surface area contributed by atoms with E-state index in [1.165, 1.54) is 19.9 Å². The molecule has 3 aromatic rings. The standard InChI is InChI=1S/C24H21N3O5/c1-15(28)25-19-9-5-7-17(13-19)23(30)26-21-11-3-4-12-22(21)27-24(31)18-8-6-10-20(14-18)32-16(2)29/h3-14H,1-2H3,(H,25,28)(H,26,30)(H,27,31).